The van der Waals surface area contributed by atoms with E-state index in [9.17, 15) is 23.5 Å². The highest BCUT2D eigenvalue weighted by Gasteiger charge is 2.44. The summed E-state index contributed by atoms with van der Waals surface area (Å²) in [7, 11) is 0. The van der Waals surface area contributed by atoms with E-state index in [0.717, 1.165) is 5.56 Å². The number of aliphatic carboxylic acids is 1. The first-order valence-corrected chi connectivity index (χ1v) is 12.4. The van der Waals surface area contributed by atoms with Gasteiger partial charge in [0.2, 0.25) is 5.78 Å². The van der Waals surface area contributed by atoms with E-state index in [4.69, 9.17) is 9.84 Å². The van der Waals surface area contributed by atoms with E-state index in [-0.39, 0.29) is 37.2 Å². The Hall–Kier alpha value is -2.12. The zero-order valence-electron chi connectivity index (χ0n) is 20.0. The number of allylic oxidation sites excluding steroid dienone is 2. The number of unbranched alkanes of at least 4 members (excludes halogenated alkanes) is 2. The lowest BCUT2D eigenvalue weighted by molar-refractivity contribution is -0.144. The summed E-state index contributed by atoms with van der Waals surface area (Å²) in [6.07, 6.45) is 5.52. The highest BCUT2D eigenvalue weighted by molar-refractivity contribution is 5.85. The molecule has 1 aliphatic rings. The molecule has 2 rings (SSSR count). The second kappa shape index (κ2) is 14.3. The van der Waals surface area contributed by atoms with Crippen molar-refractivity contribution in [2.24, 2.45) is 11.8 Å². The number of carboxylic acid groups (broad SMARTS) is 1. The van der Waals surface area contributed by atoms with Crippen LogP contribution in [-0.4, -0.2) is 40.1 Å². The first-order valence-electron chi connectivity index (χ1n) is 12.4. The van der Waals surface area contributed by atoms with Gasteiger partial charge in [0.05, 0.1) is 18.8 Å². The number of halogens is 2. The molecular weight excluding hydrogens is 442 g/mol. The summed E-state index contributed by atoms with van der Waals surface area (Å²) < 4.78 is 34.5. The van der Waals surface area contributed by atoms with Gasteiger partial charge in [0.25, 0.3) is 0 Å². The van der Waals surface area contributed by atoms with E-state index < -0.39 is 30.2 Å². The zero-order valence-corrected chi connectivity index (χ0v) is 20.0. The predicted octanol–water partition coefficient (Wildman–Crippen LogP) is 5.94. The highest BCUT2D eigenvalue weighted by Crippen LogP contribution is 2.41. The number of ketones is 1. The van der Waals surface area contributed by atoms with Gasteiger partial charge in [-0.15, -0.1) is 0 Å². The summed E-state index contributed by atoms with van der Waals surface area (Å²) in [4.78, 5) is 22.9. The number of hydrogen-bond donors (Lipinski definition) is 2. The fourth-order valence-corrected chi connectivity index (χ4v) is 4.61. The number of rotatable bonds is 16. The number of ether oxygens (including phenoxy) is 1. The summed E-state index contributed by atoms with van der Waals surface area (Å²) in [5.74, 6) is -5.60. The summed E-state index contributed by atoms with van der Waals surface area (Å²) in [5.41, 5.74) is 0.986. The first kappa shape index (κ1) is 28.1. The van der Waals surface area contributed by atoms with Crippen molar-refractivity contribution in [3.05, 3.63) is 48.0 Å². The summed E-state index contributed by atoms with van der Waals surface area (Å²) in [6.45, 7) is 2.17. The standard InChI is InChI=1S/C27H38F2O5/c1-2-3-17-27(28,29)25(31)16-15-22-21(13-9-4-5-10-14-26(32)33)23(30)18-24(22)34-19-20-11-7-6-8-12-20/h4,6-9,11-12,21-24,30H,2-3,5,10,13-19H2,1H3,(H,32,33)/b9-4-. The van der Waals surface area contributed by atoms with Crippen LogP contribution < -0.4 is 0 Å². The number of carbonyl (C=O) groups excluding carboxylic acids is 1. The van der Waals surface area contributed by atoms with Gasteiger partial charge in [-0.3, -0.25) is 9.59 Å². The first-order chi connectivity index (χ1) is 16.2. The van der Waals surface area contributed by atoms with Crippen molar-refractivity contribution in [1.29, 1.82) is 0 Å². The molecule has 1 fully saturated rings. The molecule has 4 unspecified atom stereocenters. The van der Waals surface area contributed by atoms with E-state index in [2.05, 4.69) is 0 Å². The lowest BCUT2D eigenvalue weighted by Gasteiger charge is -2.26. The average Bonchev–Trinajstić information content (AvgIpc) is 3.11. The van der Waals surface area contributed by atoms with Crippen LogP contribution in [-0.2, 0) is 20.9 Å². The molecule has 0 spiro atoms. The fourth-order valence-electron chi connectivity index (χ4n) is 4.61. The van der Waals surface area contributed by atoms with E-state index in [0.29, 0.717) is 45.1 Å². The van der Waals surface area contributed by atoms with Crippen molar-refractivity contribution >= 4 is 11.8 Å². The van der Waals surface area contributed by atoms with Crippen LogP contribution in [0, 0.1) is 11.8 Å². The lowest BCUT2D eigenvalue weighted by Crippen LogP contribution is -2.31. The monoisotopic (exact) mass is 480 g/mol. The highest BCUT2D eigenvalue weighted by atomic mass is 19.3. The summed E-state index contributed by atoms with van der Waals surface area (Å²) >= 11 is 0. The number of carboxylic acids is 1. The van der Waals surface area contributed by atoms with Gasteiger partial charge in [0.15, 0.2) is 0 Å². The van der Waals surface area contributed by atoms with Gasteiger partial charge in [0.1, 0.15) is 0 Å². The number of aliphatic hydroxyl groups is 1. The Bertz CT molecular complexity index is 780. The van der Waals surface area contributed by atoms with Crippen molar-refractivity contribution in [3.8, 4) is 0 Å². The smallest absolute Gasteiger partial charge is 0.305 e. The van der Waals surface area contributed by atoms with Crippen LogP contribution in [0.4, 0.5) is 8.78 Å². The molecule has 0 saturated heterocycles. The Morgan fingerprint density at radius 3 is 2.53 bits per heavy atom. The third-order valence-electron chi connectivity index (χ3n) is 6.60. The predicted molar refractivity (Wildman–Crippen MR) is 127 cm³/mol. The van der Waals surface area contributed by atoms with Gasteiger partial charge in [-0.2, -0.15) is 8.78 Å². The molecule has 2 N–H and O–H groups in total. The molecule has 0 radical (unpaired) electrons. The number of Topliss-reactive ketones (excluding diaryl/α,β-unsaturated/α-hetero) is 1. The number of carbonyl (C=O) groups is 2. The average molecular weight is 481 g/mol. The van der Waals surface area contributed by atoms with Crippen LogP contribution in [0.15, 0.2) is 42.5 Å². The van der Waals surface area contributed by atoms with Crippen molar-refractivity contribution in [1.82, 2.24) is 0 Å². The van der Waals surface area contributed by atoms with E-state index in [1.165, 1.54) is 0 Å². The maximum absolute atomic E-state index is 14.2. The lowest BCUT2D eigenvalue weighted by atomic mass is 9.85. The number of benzene rings is 1. The second-order valence-electron chi connectivity index (χ2n) is 9.23. The minimum absolute atomic E-state index is 0.1000. The van der Waals surface area contributed by atoms with Crippen LogP contribution in [0.2, 0.25) is 0 Å². The van der Waals surface area contributed by atoms with Crippen LogP contribution >= 0.6 is 0 Å². The molecule has 1 aromatic carbocycles. The molecule has 1 aromatic rings. The minimum atomic E-state index is -3.31. The van der Waals surface area contributed by atoms with Crippen molar-refractivity contribution in [2.45, 2.75) is 95.9 Å². The van der Waals surface area contributed by atoms with Crippen molar-refractivity contribution < 1.29 is 33.3 Å². The van der Waals surface area contributed by atoms with Gasteiger partial charge in [0, 0.05) is 25.7 Å². The van der Waals surface area contributed by atoms with Crippen LogP contribution in [0.1, 0.15) is 76.7 Å². The molecule has 0 heterocycles. The molecule has 7 heteroatoms. The Morgan fingerprint density at radius 2 is 1.85 bits per heavy atom. The largest absolute Gasteiger partial charge is 0.481 e. The zero-order chi connectivity index (χ0) is 25.0. The van der Waals surface area contributed by atoms with Gasteiger partial charge in [-0.05, 0) is 49.5 Å². The molecule has 0 aliphatic heterocycles. The number of alkyl halides is 2. The van der Waals surface area contributed by atoms with Gasteiger partial charge >= 0.3 is 11.9 Å². The quantitative estimate of drug-likeness (QED) is 0.226. The Morgan fingerprint density at radius 1 is 1.12 bits per heavy atom. The minimum Gasteiger partial charge on any atom is -0.481 e. The molecular formula is C27H38F2O5. The molecule has 190 valence electrons. The summed E-state index contributed by atoms with van der Waals surface area (Å²) in [6, 6.07) is 9.61. The van der Waals surface area contributed by atoms with E-state index in [1.807, 2.05) is 49.4 Å². The number of aliphatic hydroxyl groups excluding tert-OH is 1. The van der Waals surface area contributed by atoms with Crippen molar-refractivity contribution in [2.75, 3.05) is 0 Å². The fraction of sp³-hybridized carbons (Fsp3) is 0.630. The van der Waals surface area contributed by atoms with Crippen LogP contribution in [0.25, 0.3) is 0 Å². The molecule has 0 aromatic heterocycles. The van der Waals surface area contributed by atoms with Gasteiger partial charge < -0.3 is 14.9 Å². The molecule has 0 bridgehead atoms. The van der Waals surface area contributed by atoms with E-state index in [1.54, 1.807) is 0 Å². The van der Waals surface area contributed by atoms with Crippen LogP contribution in [0.5, 0.6) is 0 Å². The molecule has 1 aliphatic carbocycles. The SMILES string of the molecule is CCCCC(F)(F)C(=O)CCC1C(OCc2ccccc2)CC(O)C1C/C=C\CCCC(=O)O. The van der Waals surface area contributed by atoms with E-state index >= 15 is 0 Å². The maximum Gasteiger partial charge on any atom is 0.305 e. The van der Waals surface area contributed by atoms with Crippen molar-refractivity contribution in [3.63, 3.8) is 0 Å². The Kier molecular flexibility index (Phi) is 11.8. The molecule has 0 amide bonds. The maximum atomic E-state index is 14.2. The second-order valence-corrected chi connectivity index (χ2v) is 9.23. The third-order valence-corrected chi connectivity index (χ3v) is 6.60. The number of hydrogen-bond acceptors (Lipinski definition) is 4. The topological polar surface area (TPSA) is 83.8 Å². The summed E-state index contributed by atoms with van der Waals surface area (Å²) in [5, 5.41) is 19.4. The molecule has 34 heavy (non-hydrogen) atoms. The van der Waals surface area contributed by atoms with Crippen LogP contribution in [0.3, 0.4) is 0 Å². The molecule has 5 nitrogen and oxygen atoms in total. The van der Waals surface area contributed by atoms with Gasteiger partial charge in [-0.25, -0.2) is 0 Å². The molecule has 1 saturated carbocycles. The normalized spacial score (nSPS) is 22.9. The molecule has 4 atom stereocenters. The van der Waals surface area contributed by atoms with Gasteiger partial charge in [-0.1, -0.05) is 55.8 Å². The third kappa shape index (κ3) is 9.26. The Balaban J connectivity index is 2.01. The Labute approximate surface area is 201 Å².